The van der Waals surface area contributed by atoms with E-state index in [1.165, 1.54) is 13.2 Å². The van der Waals surface area contributed by atoms with E-state index < -0.39 is 5.97 Å². The molecule has 2 rings (SSSR count). The number of hydrogen-bond donors (Lipinski definition) is 1. The van der Waals surface area contributed by atoms with E-state index in [9.17, 15) is 9.59 Å². The third kappa shape index (κ3) is 5.86. The van der Waals surface area contributed by atoms with E-state index in [1.54, 1.807) is 17.0 Å². The van der Waals surface area contributed by atoms with Crippen LogP contribution in [0.1, 0.15) is 16.8 Å². The number of urea groups is 1. The molecule has 0 unspecified atom stereocenters. The number of benzene rings is 1. The first kappa shape index (κ1) is 20.5. The highest BCUT2D eigenvalue weighted by Crippen LogP contribution is 2.24. The molecule has 0 radical (unpaired) electrons. The zero-order chi connectivity index (χ0) is 19.1. The normalized spacial score (nSPS) is 15.2. The average Bonchev–Trinajstić information content (AvgIpc) is 2.63. The lowest BCUT2D eigenvalue weighted by Gasteiger charge is -2.34. The Kier molecular flexibility index (Phi) is 7.68. The number of nitrogens with one attached hydrogen (secondary N) is 1. The van der Waals surface area contributed by atoms with Crippen LogP contribution in [0.2, 0.25) is 5.02 Å². The van der Waals surface area contributed by atoms with Crippen molar-refractivity contribution in [3.05, 3.63) is 28.8 Å². The van der Waals surface area contributed by atoms with Crippen LogP contribution in [0.5, 0.6) is 0 Å². The molecule has 1 aromatic carbocycles. The van der Waals surface area contributed by atoms with Crippen molar-refractivity contribution >= 4 is 29.3 Å². The second kappa shape index (κ2) is 9.75. The number of anilines is 1. The van der Waals surface area contributed by atoms with Crippen molar-refractivity contribution in [1.82, 2.24) is 14.7 Å². The van der Waals surface area contributed by atoms with Gasteiger partial charge in [0.2, 0.25) is 0 Å². The van der Waals surface area contributed by atoms with Gasteiger partial charge in [0.1, 0.15) is 0 Å². The number of halogens is 1. The summed E-state index contributed by atoms with van der Waals surface area (Å²) in [6, 6.07) is 4.47. The van der Waals surface area contributed by atoms with Crippen LogP contribution in [-0.2, 0) is 4.74 Å². The minimum absolute atomic E-state index is 0.207. The highest BCUT2D eigenvalue weighted by molar-refractivity contribution is 6.33. The fourth-order valence-corrected chi connectivity index (χ4v) is 3.01. The average molecular weight is 383 g/mol. The van der Waals surface area contributed by atoms with Gasteiger partial charge in [0.15, 0.2) is 0 Å². The van der Waals surface area contributed by atoms with Crippen LogP contribution < -0.4 is 5.32 Å². The Hall–Kier alpha value is -1.83. The van der Waals surface area contributed by atoms with Gasteiger partial charge in [0.25, 0.3) is 0 Å². The van der Waals surface area contributed by atoms with Crippen molar-refractivity contribution in [3.8, 4) is 0 Å². The summed E-state index contributed by atoms with van der Waals surface area (Å²) >= 11 is 6.14. The Morgan fingerprint density at radius 1 is 1.23 bits per heavy atom. The van der Waals surface area contributed by atoms with Crippen LogP contribution in [0, 0.1) is 0 Å². The predicted molar refractivity (Wildman–Crippen MR) is 103 cm³/mol. The van der Waals surface area contributed by atoms with Gasteiger partial charge in [-0.15, -0.1) is 0 Å². The van der Waals surface area contributed by atoms with Crippen LogP contribution in [0.3, 0.4) is 0 Å². The van der Waals surface area contributed by atoms with E-state index in [2.05, 4.69) is 29.2 Å². The van der Waals surface area contributed by atoms with Crippen LogP contribution in [0.15, 0.2) is 18.2 Å². The molecule has 1 heterocycles. The van der Waals surface area contributed by atoms with Crippen molar-refractivity contribution in [2.24, 2.45) is 0 Å². The fourth-order valence-electron chi connectivity index (χ4n) is 2.85. The van der Waals surface area contributed by atoms with E-state index in [4.69, 9.17) is 16.3 Å². The predicted octanol–water partition coefficient (Wildman–Crippen LogP) is 2.23. The minimum atomic E-state index is -0.469. The summed E-state index contributed by atoms with van der Waals surface area (Å²) in [5.41, 5.74) is 0.755. The van der Waals surface area contributed by atoms with Gasteiger partial charge in [-0.2, -0.15) is 0 Å². The summed E-state index contributed by atoms with van der Waals surface area (Å²) < 4.78 is 4.70. The number of carbonyl (C=O) groups excluding carboxylic acids is 2. The van der Waals surface area contributed by atoms with E-state index in [1.807, 2.05) is 0 Å². The molecule has 0 saturated carbocycles. The minimum Gasteiger partial charge on any atom is -0.465 e. The summed E-state index contributed by atoms with van der Waals surface area (Å²) in [6.45, 7) is 5.16. The van der Waals surface area contributed by atoms with Gasteiger partial charge in [-0.1, -0.05) is 11.6 Å². The molecule has 144 valence electrons. The van der Waals surface area contributed by atoms with Crippen LogP contribution in [0.25, 0.3) is 0 Å². The van der Waals surface area contributed by atoms with E-state index in [-0.39, 0.29) is 6.03 Å². The van der Waals surface area contributed by atoms with Crippen molar-refractivity contribution in [3.63, 3.8) is 0 Å². The van der Waals surface area contributed by atoms with Crippen LogP contribution in [0.4, 0.5) is 10.5 Å². The largest absolute Gasteiger partial charge is 0.465 e. The standard InChI is InChI=1S/C18H27ClN4O3/c1-21(2)7-4-8-22-9-11-23(12-10-22)18(25)20-16-13-14(17(24)26-3)5-6-15(16)19/h5-6,13H,4,7-12H2,1-3H3,(H,20,25). The number of carbonyl (C=O) groups is 2. The second-order valence-electron chi connectivity index (χ2n) is 6.60. The molecule has 8 heteroatoms. The number of hydrogen-bond acceptors (Lipinski definition) is 5. The Morgan fingerprint density at radius 2 is 1.92 bits per heavy atom. The fraction of sp³-hybridized carbons (Fsp3) is 0.556. The summed E-state index contributed by atoms with van der Waals surface area (Å²) in [7, 11) is 5.46. The van der Waals surface area contributed by atoms with Gasteiger partial charge < -0.3 is 19.9 Å². The van der Waals surface area contributed by atoms with Crippen molar-refractivity contribution in [2.45, 2.75) is 6.42 Å². The number of ether oxygens (including phenoxy) is 1. The maximum atomic E-state index is 12.5. The van der Waals surface area contributed by atoms with E-state index >= 15 is 0 Å². The van der Waals surface area contributed by atoms with Gasteiger partial charge in [0, 0.05) is 26.2 Å². The molecule has 1 aliphatic rings. The van der Waals surface area contributed by atoms with Gasteiger partial charge in [0.05, 0.1) is 23.4 Å². The molecule has 0 aliphatic carbocycles. The first-order valence-electron chi connectivity index (χ1n) is 8.71. The number of esters is 1. The Morgan fingerprint density at radius 3 is 2.54 bits per heavy atom. The highest BCUT2D eigenvalue weighted by atomic mass is 35.5. The van der Waals surface area contributed by atoms with Crippen molar-refractivity contribution in [2.75, 3.05) is 65.8 Å². The summed E-state index contributed by atoms with van der Waals surface area (Å²) in [4.78, 5) is 30.4. The summed E-state index contributed by atoms with van der Waals surface area (Å²) in [6.07, 6.45) is 1.12. The Bertz CT molecular complexity index is 631. The van der Waals surface area contributed by atoms with Crippen LogP contribution >= 0.6 is 11.6 Å². The van der Waals surface area contributed by atoms with E-state index in [0.717, 1.165) is 32.6 Å². The SMILES string of the molecule is COC(=O)c1ccc(Cl)c(NC(=O)N2CCN(CCCN(C)C)CC2)c1. The summed E-state index contributed by atoms with van der Waals surface area (Å²) in [5.74, 6) is -0.469. The smallest absolute Gasteiger partial charge is 0.337 e. The molecule has 1 N–H and O–H groups in total. The Labute approximate surface area is 159 Å². The number of amides is 2. The maximum Gasteiger partial charge on any atom is 0.337 e. The number of rotatable bonds is 6. The molecule has 0 aromatic heterocycles. The highest BCUT2D eigenvalue weighted by Gasteiger charge is 2.21. The molecular formula is C18H27ClN4O3. The third-order valence-electron chi connectivity index (χ3n) is 4.37. The zero-order valence-corrected chi connectivity index (χ0v) is 16.4. The monoisotopic (exact) mass is 382 g/mol. The maximum absolute atomic E-state index is 12.5. The first-order chi connectivity index (χ1) is 12.4. The molecule has 1 fully saturated rings. The van der Waals surface area contributed by atoms with Gasteiger partial charge in [-0.3, -0.25) is 4.90 Å². The molecule has 1 aromatic rings. The van der Waals surface area contributed by atoms with Gasteiger partial charge in [-0.25, -0.2) is 9.59 Å². The molecule has 0 bridgehead atoms. The summed E-state index contributed by atoms with van der Waals surface area (Å²) in [5, 5.41) is 3.18. The second-order valence-corrected chi connectivity index (χ2v) is 7.01. The molecular weight excluding hydrogens is 356 g/mol. The quantitative estimate of drug-likeness (QED) is 0.764. The molecule has 1 saturated heterocycles. The molecule has 7 nitrogen and oxygen atoms in total. The third-order valence-corrected chi connectivity index (χ3v) is 4.70. The van der Waals surface area contributed by atoms with Gasteiger partial charge in [-0.05, 0) is 51.8 Å². The van der Waals surface area contributed by atoms with Crippen molar-refractivity contribution < 1.29 is 14.3 Å². The lowest BCUT2D eigenvalue weighted by molar-refractivity contribution is 0.0600. The molecule has 2 amide bonds. The van der Waals surface area contributed by atoms with Crippen LogP contribution in [-0.4, -0.2) is 87.2 Å². The molecule has 0 atom stereocenters. The molecule has 0 spiro atoms. The zero-order valence-electron chi connectivity index (χ0n) is 15.6. The molecule has 1 aliphatic heterocycles. The van der Waals surface area contributed by atoms with Gasteiger partial charge >= 0.3 is 12.0 Å². The number of piperazine rings is 1. The van der Waals surface area contributed by atoms with Crippen molar-refractivity contribution in [1.29, 1.82) is 0 Å². The number of methoxy groups -OCH3 is 1. The molecule has 26 heavy (non-hydrogen) atoms. The number of nitrogens with zero attached hydrogens (tertiary/aromatic N) is 3. The van der Waals surface area contributed by atoms with E-state index in [0.29, 0.717) is 29.4 Å². The topological polar surface area (TPSA) is 65.1 Å². The lowest BCUT2D eigenvalue weighted by Crippen LogP contribution is -2.50. The first-order valence-corrected chi connectivity index (χ1v) is 9.09. The lowest BCUT2D eigenvalue weighted by atomic mass is 10.2. The Balaban J connectivity index is 1.86.